The van der Waals surface area contributed by atoms with Crippen molar-refractivity contribution in [3.05, 3.63) is 26.6 Å². The molecule has 0 atom stereocenters. The fraction of sp³-hybridized carbons (Fsp3) is 0.200. The molecule has 0 fully saturated rings. The molecule has 0 aromatic carbocycles. The largest absolute Gasteiger partial charge is 0.481 e. The van der Waals surface area contributed by atoms with Gasteiger partial charge in [-0.3, -0.25) is 9.89 Å². The van der Waals surface area contributed by atoms with Crippen LogP contribution in [0.4, 0.5) is 0 Å². The zero-order chi connectivity index (χ0) is 12.4. The molecule has 2 aromatic rings. The van der Waals surface area contributed by atoms with Crippen LogP contribution in [0.2, 0.25) is 4.34 Å². The van der Waals surface area contributed by atoms with E-state index in [4.69, 9.17) is 16.7 Å². The highest BCUT2D eigenvalue weighted by molar-refractivity contribution is 9.10. The number of carboxylic acids is 1. The summed E-state index contributed by atoms with van der Waals surface area (Å²) in [5.74, 6) is -0.827. The van der Waals surface area contributed by atoms with Crippen molar-refractivity contribution in [1.29, 1.82) is 0 Å². The average molecular weight is 336 g/mol. The van der Waals surface area contributed by atoms with E-state index in [0.29, 0.717) is 10.8 Å². The molecule has 0 saturated carbocycles. The number of thiophene rings is 1. The van der Waals surface area contributed by atoms with Crippen molar-refractivity contribution in [2.24, 2.45) is 0 Å². The van der Waals surface area contributed by atoms with Gasteiger partial charge in [-0.15, -0.1) is 11.3 Å². The summed E-state index contributed by atoms with van der Waals surface area (Å²) < 4.78 is 1.50. The quantitative estimate of drug-likeness (QED) is 0.897. The number of halogens is 2. The summed E-state index contributed by atoms with van der Waals surface area (Å²) in [6, 6.07) is 3.69. The molecule has 0 aliphatic heterocycles. The Balaban J connectivity index is 2.23. The maximum atomic E-state index is 10.5. The summed E-state index contributed by atoms with van der Waals surface area (Å²) in [4.78, 5) is 11.4. The Labute approximate surface area is 115 Å². The number of H-pyrrole nitrogens is 1. The smallest absolute Gasteiger partial charge is 0.303 e. The van der Waals surface area contributed by atoms with E-state index in [1.165, 1.54) is 11.3 Å². The maximum Gasteiger partial charge on any atom is 0.303 e. The minimum atomic E-state index is -0.827. The predicted octanol–water partition coefficient (Wildman–Crippen LogP) is 3.57. The van der Waals surface area contributed by atoms with Crippen LogP contribution >= 0.6 is 38.9 Å². The first kappa shape index (κ1) is 12.6. The molecule has 2 N–H and O–H groups in total. The number of aryl methyl sites for hydroxylation is 1. The van der Waals surface area contributed by atoms with Gasteiger partial charge in [-0.1, -0.05) is 11.6 Å². The van der Waals surface area contributed by atoms with Crippen LogP contribution in [-0.4, -0.2) is 21.3 Å². The van der Waals surface area contributed by atoms with E-state index in [1.807, 2.05) is 6.07 Å². The summed E-state index contributed by atoms with van der Waals surface area (Å²) in [6.07, 6.45) is 0.494. The molecule has 2 aromatic heterocycles. The standard InChI is InChI=1S/C10H8BrClN2O2S/c11-9-5(1-4-8(15)16)13-14-10(9)6-2-3-7(12)17-6/h2-3H,1,4H2,(H,13,14)(H,15,16). The van der Waals surface area contributed by atoms with Gasteiger partial charge in [0.05, 0.1) is 25.8 Å². The van der Waals surface area contributed by atoms with E-state index in [0.717, 1.165) is 20.7 Å². The molecule has 0 amide bonds. The molecule has 0 unspecified atom stereocenters. The van der Waals surface area contributed by atoms with Crippen molar-refractivity contribution in [1.82, 2.24) is 10.2 Å². The summed E-state index contributed by atoms with van der Waals surface area (Å²) in [6.45, 7) is 0. The van der Waals surface area contributed by atoms with Gasteiger partial charge < -0.3 is 5.11 Å². The third kappa shape index (κ3) is 2.88. The first-order valence-corrected chi connectivity index (χ1v) is 6.77. The molecule has 0 saturated heterocycles. The van der Waals surface area contributed by atoms with Gasteiger partial charge in [0.1, 0.15) is 5.69 Å². The second-order valence-corrected chi connectivity index (χ2v) is 5.87. The molecule has 0 aliphatic carbocycles. The van der Waals surface area contributed by atoms with Crippen molar-refractivity contribution in [3.8, 4) is 10.6 Å². The lowest BCUT2D eigenvalue weighted by molar-refractivity contribution is -0.136. The van der Waals surface area contributed by atoms with Crippen LogP contribution < -0.4 is 0 Å². The molecular formula is C10H8BrClN2O2S. The molecule has 90 valence electrons. The Morgan fingerprint density at radius 1 is 1.59 bits per heavy atom. The number of nitrogens with zero attached hydrogens (tertiary/aromatic N) is 1. The third-order valence-corrected chi connectivity index (χ3v) is 4.26. The lowest BCUT2D eigenvalue weighted by atomic mass is 10.2. The molecule has 2 heterocycles. The van der Waals surface area contributed by atoms with Gasteiger partial charge in [0.15, 0.2) is 0 Å². The van der Waals surface area contributed by atoms with Crippen LogP contribution in [0.3, 0.4) is 0 Å². The Morgan fingerprint density at radius 3 is 2.94 bits per heavy atom. The Bertz CT molecular complexity index is 552. The summed E-state index contributed by atoms with van der Waals surface area (Å²) in [5, 5.41) is 15.6. The second kappa shape index (κ2) is 5.20. The number of carboxylic acid groups (broad SMARTS) is 1. The molecule has 0 aliphatic rings. The lowest BCUT2D eigenvalue weighted by Gasteiger charge is -1.95. The predicted molar refractivity (Wildman–Crippen MR) is 70.6 cm³/mol. The fourth-order valence-electron chi connectivity index (χ4n) is 1.37. The van der Waals surface area contributed by atoms with E-state index < -0.39 is 5.97 Å². The minimum Gasteiger partial charge on any atom is -0.481 e. The number of nitrogens with one attached hydrogen (secondary N) is 1. The number of hydrogen-bond acceptors (Lipinski definition) is 3. The minimum absolute atomic E-state index is 0.0748. The van der Waals surface area contributed by atoms with Crippen LogP contribution in [0.5, 0.6) is 0 Å². The lowest BCUT2D eigenvalue weighted by Crippen LogP contribution is -1.98. The summed E-state index contributed by atoms with van der Waals surface area (Å²) >= 11 is 10.7. The van der Waals surface area contributed by atoms with E-state index >= 15 is 0 Å². The highest BCUT2D eigenvalue weighted by Crippen LogP contribution is 2.35. The van der Waals surface area contributed by atoms with E-state index in [2.05, 4.69) is 26.1 Å². The molecule has 0 radical (unpaired) electrons. The topological polar surface area (TPSA) is 66.0 Å². The highest BCUT2D eigenvalue weighted by atomic mass is 79.9. The molecule has 4 nitrogen and oxygen atoms in total. The molecule has 0 bridgehead atoms. The van der Waals surface area contributed by atoms with Gasteiger partial charge in [0, 0.05) is 6.42 Å². The SMILES string of the molecule is O=C(O)CCc1[nH]nc(-c2ccc(Cl)s2)c1Br. The number of aromatic nitrogens is 2. The van der Waals surface area contributed by atoms with Gasteiger partial charge in [0.2, 0.25) is 0 Å². The summed E-state index contributed by atoms with van der Waals surface area (Å²) in [7, 11) is 0. The van der Waals surface area contributed by atoms with Gasteiger partial charge in [-0.05, 0) is 28.1 Å². The number of rotatable bonds is 4. The number of aliphatic carboxylic acids is 1. The number of aromatic amines is 1. The molecule has 17 heavy (non-hydrogen) atoms. The van der Waals surface area contributed by atoms with Crippen molar-refractivity contribution in [3.63, 3.8) is 0 Å². The van der Waals surface area contributed by atoms with E-state index in [1.54, 1.807) is 6.07 Å². The zero-order valence-corrected chi connectivity index (χ0v) is 11.7. The molecule has 7 heteroatoms. The first-order chi connectivity index (χ1) is 8.08. The van der Waals surface area contributed by atoms with Crippen LogP contribution in [0, 0.1) is 0 Å². The zero-order valence-electron chi connectivity index (χ0n) is 8.54. The Kier molecular flexibility index (Phi) is 3.86. The summed E-state index contributed by atoms with van der Waals surface area (Å²) in [5.41, 5.74) is 1.55. The number of hydrogen-bond donors (Lipinski definition) is 2. The fourth-order valence-corrected chi connectivity index (χ4v) is 3.13. The van der Waals surface area contributed by atoms with Gasteiger partial charge in [-0.25, -0.2) is 0 Å². The normalized spacial score (nSPS) is 10.7. The third-order valence-electron chi connectivity index (χ3n) is 2.17. The van der Waals surface area contributed by atoms with Crippen LogP contribution in [0.1, 0.15) is 12.1 Å². The van der Waals surface area contributed by atoms with E-state index in [-0.39, 0.29) is 6.42 Å². The van der Waals surface area contributed by atoms with Gasteiger partial charge in [-0.2, -0.15) is 5.10 Å². The van der Waals surface area contributed by atoms with Crippen molar-refractivity contribution < 1.29 is 9.90 Å². The van der Waals surface area contributed by atoms with Crippen LogP contribution in [0.25, 0.3) is 10.6 Å². The van der Waals surface area contributed by atoms with Crippen molar-refractivity contribution in [2.45, 2.75) is 12.8 Å². The molecule has 2 rings (SSSR count). The monoisotopic (exact) mass is 334 g/mol. The number of carbonyl (C=O) groups is 1. The molecule has 0 spiro atoms. The first-order valence-electron chi connectivity index (χ1n) is 4.78. The van der Waals surface area contributed by atoms with Crippen LogP contribution in [-0.2, 0) is 11.2 Å². The van der Waals surface area contributed by atoms with Gasteiger partial charge >= 0.3 is 5.97 Å². The van der Waals surface area contributed by atoms with Gasteiger partial charge in [0.25, 0.3) is 0 Å². The Morgan fingerprint density at radius 2 is 2.35 bits per heavy atom. The average Bonchev–Trinajstić information content (AvgIpc) is 2.82. The highest BCUT2D eigenvalue weighted by Gasteiger charge is 2.14. The van der Waals surface area contributed by atoms with Crippen molar-refractivity contribution >= 4 is 44.8 Å². The maximum absolute atomic E-state index is 10.5. The molecular weight excluding hydrogens is 328 g/mol. The second-order valence-electron chi connectivity index (χ2n) is 3.36. The Hall–Kier alpha value is -0.850. The van der Waals surface area contributed by atoms with Crippen molar-refractivity contribution in [2.75, 3.05) is 0 Å². The van der Waals surface area contributed by atoms with Crippen LogP contribution in [0.15, 0.2) is 16.6 Å². The van der Waals surface area contributed by atoms with E-state index in [9.17, 15) is 4.79 Å².